The van der Waals surface area contributed by atoms with Gasteiger partial charge >= 0.3 is 58.7 Å². The quantitative estimate of drug-likeness (QED) is 0.378. The Morgan fingerprint density at radius 1 is 1.27 bits per heavy atom. The molecule has 1 aromatic rings. The van der Waals surface area contributed by atoms with Gasteiger partial charge in [0.1, 0.15) is 16.6 Å². The van der Waals surface area contributed by atoms with Crippen LogP contribution in [0.4, 0.5) is 13.2 Å². The molecule has 1 rings (SSSR count). The SMILES string of the molecule is OB(O)Oc1cc(F)c(Cl)c(F)c1F.[H-].[K+]. The van der Waals surface area contributed by atoms with Crippen molar-refractivity contribution in [2.75, 3.05) is 0 Å². The van der Waals surface area contributed by atoms with Crippen LogP contribution in [-0.2, 0) is 0 Å². The molecular weight excluding hydrogens is 262 g/mol. The van der Waals surface area contributed by atoms with E-state index in [0.29, 0.717) is 6.07 Å². The van der Waals surface area contributed by atoms with Gasteiger partial charge in [-0.1, -0.05) is 11.6 Å². The third-order valence-corrected chi connectivity index (χ3v) is 1.65. The zero-order valence-corrected chi connectivity index (χ0v) is 11.3. The molecule has 0 saturated heterocycles. The minimum absolute atomic E-state index is 0. The Kier molecular flexibility index (Phi) is 6.77. The molecule has 78 valence electrons. The minimum atomic E-state index is -2.37. The monoisotopic (exact) mass is 266 g/mol. The molecule has 0 unspecified atom stereocenters. The van der Waals surface area contributed by atoms with Crippen LogP contribution >= 0.6 is 11.6 Å². The normalized spacial score (nSPS) is 9.47. The zero-order chi connectivity index (χ0) is 10.9. The molecule has 0 spiro atoms. The van der Waals surface area contributed by atoms with E-state index in [-0.39, 0.29) is 52.8 Å². The van der Waals surface area contributed by atoms with E-state index in [1.54, 1.807) is 0 Å². The van der Waals surface area contributed by atoms with Gasteiger partial charge in [-0.05, 0) is 0 Å². The summed E-state index contributed by atoms with van der Waals surface area (Å²) in [4.78, 5) is 0. The molecule has 0 bridgehead atoms. The second kappa shape index (κ2) is 6.46. The maximum absolute atomic E-state index is 12.8. The Bertz CT molecular complexity index is 371. The summed E-state index contributed by atoms with van der Waals surface area (Å²) in [6, 6.07) is 0.403. The second-order valence-corrected chi connectivity index (χ2v) is 2.62. The van der Waals surface area contributed by atoms with Gasteiger partial charge in [-0.2, -0.15) is 4.39 Å². The van der Waals surface area contributed by atoms with Crippen LogP contribution in [0, 0.1) is 17.5 Å². The summed E-state index contributed by atoms with van der Waals surface area (Å²) in [7, 11) is -2.37. The van der Waals surface area contributed by atoms with Gasteiger partial charge in [-0.3, -0.25) is 0 Å². The van der Waals surface area contributed by atoms with Gasteiger partial charge in [0.2, 0.25) is 5.82 Å². The largest absolute Gasteiger partial charge is 1.00 e. The molecular formula is C6H4BClF3KO3. The maximum Gasteiger partial charge on any atom is 1.00 e. The number of rotatable bonds is 2. The van der Waals surface area contributed by atoms with Gasteiger partial charge in [0.05, 0.1) is 0 Å². The molecule has 0 radical (unpaired) electrons. The van der Waals surface area contributed by atoms with Gasteiger partial charge in [0.25, 0.3) is 0 Å². The Hall–Kier alpha value is 0.721. The summed E-state index contributed by atoms with van der Waals surface area (Å²) in [6.07, 6.45) is 0. The van der Waals surface area contributed by atoms with E-state index in [9.17, 15) is 13.2 Å². The molecule has 0 aliphatic rings. The van der Waals surface area contributed by atoms with Gasteiger partial charge in [0, 0.05) is 6.07 Å². The Morgan fingerprint density at radius 2 is 1.80 bits per heavy atom. The van der Waals surface area contributed by atoms with Crippen molar-refractivity contribution in [2.45, 2.75) is 0 Å². The predicted octanol–water partition coefficient (Wildman–Crippen LogP) is -1.78. The third kappa shape index (κ3) is 3.90. The van der Waals surface area contributed by atoms with Crippen LogP contribution in [0.1, 0.15) is 1.43 Å². The van der Waals surface area contributed by atoms with Crippen molar-refractivity contribution in [1.29, 1.82) is 0 Å². The van der Waals surface area contributed by atoms with Crippen molar-refractivity contribution < 1.29 is 80.7 Å². The van der Waals surface area contributed by atoms with Gasteiger partial charge in [-0.15, -0.1) is 0 Å². The molecule has 0 atom stereocenters. The predicted molar refractivity (Wildman–Crippen MR) is 43.3 cm³/mol. The first-order valence-corrected chi connectivity index (χ1v) is 3.67. The van der Waals surface area contributed by atoms with Crippen molar-refractivity contribution in [3.05, 3.63) is 28.5 Å². The van der Waals surface area contributed by atoms with Crippen molar-refractivity contribution in [3.8, 4) is 5.75 Å². The average Bonchev–Trinajstić information content (AvgIpc) is 2.10. The van der Waals surface area contributed by atoms with Crippen LogP contribution in [0.3, 0.4) is 0 Å². The fourth-order valence-corrected chi connectivity index (χ4v) is 0.888. The summed E-state index contributed by atoms with van der Waals surface area (Å²) in [5.74, 6) is -5.48. The molecule has 0 aliphatic carbocycles. The number of benzene rings is 1. The summed E-state index contributed by atoms with van der Waals surface area (Å²) in [5.41, 5.74) is 0. The van der Waals surface area contributed by atoms with Crippen molar-refractivity contribution in [1.82, 2.24) is 0 Å². The van der Waals surface area contributed by atoms with E-state index in [0.717, 1.165) is 0 Å². The average molecular weight is 266 g/mol. The summed E-state index contributed by atoms with van der Waals surface area (Å²) < 4.78 is 42.2. The van der Waals surface area contributed by atoms with Gasteiger partial charge in [-0.25, -0.2) is 8.78 Å². The molecule has 0 fully saturated rings. The molecule has 0 heterocycles. The zero-order valence-electron chi connectivity index (χ0n) is 8.47. The summed E-state index contributed by atoms with van der Waals surface area (Å²) in [5, 5.41) is 15.5. The molecule has 0 aromatic heterocycles. The fraction of sp³-hybridized carbons (Fsp3) is 0. The molecule has 0 saturated carbocycles. The van der Waals surface area contributed by atoms with Crippen LogP contribution in [0.15, 0.2) is 6.07 Å². The standard InChI is InChI=1S/C6H3BClF3O3.K.H/c8-4-2(9)1-3(14-7(12)13)5(10)6(4)11;;/h1,12-13H;;/q;+1;-1. The minimum Gasteiger partial charge on any atom is -1.00 e. The smallest absolute Gasteiger partial charge is 1.00 e. The second-order valence-electron chi connectivity index (χ2n) is 2.24. The molecule has 9 heteroatoms. The topological polar surface area (TPSA) is 49.7 Å². The first-order chi connectivity index (χ1) is 6.43. The first-order valence-electron chi connectivity index (χ1n) is 3.29. The first kappa shape index (κ1) is 15.7. The Balaban J connectivity index is 0. The van der Waals surface area contributed by atoms with Crippen molar-refractivity contribution >= 4 is 18.9 Å². The van der Waals surface area contributed by atoms with Crippen LogP contribution < -0.4 is 56.0 Å². The fourth-order valence-electron chi connectivity index (χ4n) is 0.750. The molecule has 0 aliphatic heterocycles. The summed E-state index contributed by atoms with van der Waals surface area (Å²) in [6.45, 7) is 0. The number of hydrogen-bond acceptors (Lipinski definition) is 3. The van der Waals surface area contributed by atoms with E-state index in [1.165, 1.54) is 0 Å². The van der Waals surface area contributed by atoms with Gasteiger partial charge in [0.15, 0.2) is 5.82 Å². The van der Waals surface area contributed by atoms with E-state index < -0.39 is 35.5 Å². The molecule has 2 N–H and O–H groups in total. The van der Waals surface area contributed by atoms with Crippen molar-refractivity contribution in [3.63, 3.8) is 0 Å². The van der Waals surface area contributed by atoms with Crippen molar-refractivity contribution in [2.24, 2.45) is 0 Å². The van der Waals surface area contributed by atoms with E-state index in [4.69, 9.17) is 21.6 Å². The van der Waals surface area contributed by atoms with Gasteiger partial charge < -0.3 is 16.1 Å². The number of halogens is 4. The van der Waals surface area contributed by atoms with Crippen LogP contribution in [0.2, 0.25) is 5.02 Å². The molecule has 15 heavy (non-hydrogen) atoms. The van der Waals surface area contributed by atoms with E-state index in [1.807, 2.05) is 0 Å². The molecule has 3 nitrogen and oxygen atoms in total. The van der Waals surface area contributed by atoms with Crippen LogP contribution in [0.25, 0.3) is 0 Å². The van der Waals surface area contributed by atoms with E-state index >= 15 is 0 Å². The van der Waals surface area contributed by atoms with Crippen LogP contribution in [-0.4, -0.2) is 17.4 Å². The Labute approximate surface area is 132 Å². The van der Waals surface area contributed by atoms with E-state index in [2.05, 4.69) is 4.65 Å². The molecule has 0 amide bonds. The Morgan fingerprint density at radius 3 is 2.27 bits per heavy atom. The number of hydrogen-bond donors (Lipinski definition) is 2. The molecule has 1 aromatic carbocycles. The van der Waals surface area contributed by atoms with Crippen LogP contribution in [0.5, 0.6) is 5.75 Å². The maximum atomic E-state index is 12.8. The third-order valence-electron chi connectivity index (χ3n) is 1.30. The summed E-state index contributed by atoms with van der Waals surface area (Å²) >= 11 is 5.02.